The zero-order valence-corrected chi connectivity index (χ0v) is 11.6. The summed E-state index contributed by atoms with van der Waals surface area (Å²) in [5.41, 5.74) is 3.74. The lowest BCUT2D eigenvalue weighted by atomic mass is 9.98. The molecule has 3 heteroatoms. The summed E-state index contributed by atoms with van der Waals surface area (Å²) in [5.74, 6) is 0.884. The van der Waals surface area contributed by atoms with Gasteiger partial charge in [0.15, 0.2) is 0 Å². The maximum atomic E-state index is 12.3. The quantitative estimate of drug-likeness (QED) is 0.901. The van der Waals surface area contributed by atoms with Gasteiger partial charge in [0.2, 0.25) is 5.91 Å². The molecule has 0 radical (unpaired) electrons. The number of piperidine rings is 1. The first-order valence-corrected chi connectivity index (χ1v) is 7.41. The summed E-state index contributed by atoms with van der Waals surface area (Å²) >= 11 is 0. The van der Waals surface area contributed by atoms with E-state index in [1.165, 1.54) is 29.7 Å². The highest BCUT2D eigenvalue weighted by molar-refractivity contribution is 6.02. The molecule has 2 aliphatic heterocycles. The van der Waals surface area contributed by atoms with E-state index in [1.54, 1.807) is 0 Å². The molecule has 0 aromatic heterocycles. The standard InChI is InChI=1S/C16H22N2O/c1-2-13-6-3-7-14-9-15(19)18(16(13)14)11-12-5-4-8-17-10-12/h3,6-7,12,17H,2,4-5,8-11H2,1H3. The smallest absolute Gasteiger partial charge is 0.231 e. The fourth-order valence-electron chi connectivity index (χ4n) is 3.33. The molecular formula is C16H22N2O. The van der Waals surface area contributed by atoms with E-state index in [2.05, 4.69) is 30.4 Å². The van der Waals surface area contributed by atoms with Gasteiger partial charge in [0, 0.05) is 6.54 Å². The van der Waals surface area contributed by atoms with Gasteiger partial charge >= 0.3 is 0 Å². The van der Waals surface area contributed by atoms with Crippen LogP contribution < -0.4 is 10.2 Å². The number of amides is 1. The van der Waals surface area contributed by atoms with Gasteiger partial charge < -0.3 is 10.2 Å². The number of hydrogen-bond acceptors (Lipinski definition) is 2. The predicted molar refractivity (Wildman–Crippen MR) is 77.5 cm³/mol. The van der Waals surface area contributed by atoms with Gasteiger partial charge in [0.05, 0.1) is 12.1 Å². The Morgan fingerprint density at radius 3 is 3.05 bits per heavy atom. The monoisotopic (exact) mass is 258 g/mol. The van der Waals surface area contributed by atoms with Crippen LogP contribution in [0.1, 0.15) is 30.9 Å². The Kier molecular flexibility index (Phi) is 3.56. The molecule has 0 saturated carbocycles. The molecule has 0 spiro atoms. The van der Waals surface area contributed by atoms with Crippen LogP contribution in [-0.4, -0.2) is 25.5 Å². The van der Waals surface area contributed by atoms with Gasteiger partial charge in [-0.1, -0.05) is 25.1 Å². The van der Waals surface area contributed by atoms with Crippen LogP contribution in [-0.2, 0) is 17.6 Å². The Bertz CT molecular complexity index is 478. The van der Waals surface area contributed by atoms with Crippen LogP contribution in [0.15, 0.2) is 18.2 Å². The minimum atomic E-state index is 0.279. The Labute approximate surface area is 115 Å². The van der Waals surface area contributed by atoms with Gasteiger partial charge in [-0.25, -0.2) is 0 Å². The number of nitrogens with one attached hydrogen (secondary N) is 1. The third-order valence-electron chi connectivity index (χ3n) is 4.34. The van der Waals surface area contributed by atoms with Crippen LogP contribution in [0.4, 0.5) is 5.69 Å². The number of para-hydroxylation sites is 1. The molecule has 1 unspecified atom stereocenters. The molecule has 1 aromatic rings. The lowest BCUT2D eigenvalue weighted by molar-refractivity contribution is -0.117. The summed E-state index contributed by atoms with van der Waals surface area (Å²) < 4.78 is 0. The second-order valence-corrected chi connectivity index (χ2v) is 5.67. The average molecular weight is 258 g/mol. The summed E-state index contributed by atoms with van der Waals surface area (Å²) in [5, 5.41) is 3.44. The van der Waals surface area contributed by atoms with Gasteiger partial charge in [0.25, 0.3) is 0 Å². The third-order valence-corrected chi connectivity index (χ3v) is 4.34. The number of carbonyl (C=O) groups is 1. The summed E-state index contributed by atoms with van der Waals surface area (Å²) in [6.45, 7) is 5.23. The van der Waals surface area contributed by atoms with Crippen LogP contribution in [0.5, 0.6) is 0 Å². The van der Waals surface area contributed by atoms with E-state index in [9.17, 15) is 4.79 Å². The minimum Gasteiger partial charge on any atom is -0.316 e. The summed E-state index contributed by atoms with van der Waals surface area (Å²) in [6, 6.07) is 6.34. The summed E-state index contributed by atoms with van der Waals surface area (Å²) in [4.78, 5) is 14.3. The largest absolute Gasteiger partial charge is 0.316 e. The Morgan fingerprint density at radius 2 is 2.32 bits per heavy atom. The Hall–Kier alpha value is -1.35. The van der Waals surface area contributed by atoms with Crippen molar-refractivity contribution in [2.75, 3.05) is 24.5 Å². The molecule has 1 atom stereocenters. The third kappa shape index (κ3) is 2.39. The maximum absolute atomic E-state index is 12.3. The molecule has 3 rings (SSSR count). The Morgan fingerprint density at radius 1 is 1.42 bits per heavy atom. The van der Waals surface area contributed by atoms with Crippen molar-refractivity contribution in [3.8, 4) is 0 Å². The van der Waals surface area contributed by atoms with Crippen LogP contribution in [0.3, 0.4) is 0 Å². The van der Waals surface area contributed by atoms with Crippen LogP contribution >= 0.6 is 0 Å². The molecule has 2 heterocycles. The van der Waals surface area contributed by atoms with Crippen LogP contribution in [0.25, 0.3) is 0 Å². The minimum absolute atomic E-state index is 0.279. The Balaban J connectivity index is 1.84. The topological polar surface area (TPSA) is 32.3 Å². The van der Waals surface area contributed by atoms with E-state index in [0.717, 1.165) is 26.1 Å². The lowest BCUT2D eigenvalue weighted by Gasteiger charge is -2.29. The second kappa shape index (κ2) is 5.33. The number of rotatable bonds is 3. The number of hydrogen-bond donors (Lipinski definition) is 1. The van der Waals surface area contributed by atoms with Crippen molar-refractivity contribution < 1.29 is 4.79 Å². The van der Waals surface area contributed by atoms with Crippen molar-refractivity contribution in [2.45, 2.75) is 32.6 Å². The molecule has 1 N–H and O–H groups in total. The van der Waals surface area contributed by atoms with Crippen molar-refractivity contribution in [3.63, 3.8) is 0 Å². The molecule has 0 aliphatic carbocycles. The van der Waals surface area contributed by atoms with Crippen LogP contribution in [0.2, 0.25) is 0 Å². The number of nitrogens with zero attached hydrogens (tertiary/aromatic N) is 1. The zero-order chi connectivity index (χ0) is 13.2. The van der Waals surface area contributed by atoms with E-state index in [1.807, 2.05) is 4.90 Å². The summed E-state index contributed by atoms with van der Waals surface area (Å²) in [6.07, 6.45) is 4.05. The van der Waals surface area contributed by atoms with Crippen molar-refractivity contribution in [1.82, 2.24) is 5.32 Å². The van der Waals surface area contributed by atoms with Gasteiger partial charge in [-0.15, -0.1) is 0 Å². The molecule has 2 aliphatic rings. The highest BCUT2D eigenvalue weighted by atomic mass is 16.2. The van der Waals surface area contributed by atoms with E-state index in [4.69, 9.17) is 0 Å². The van der Waals surface area contributed by atoms with Gasteiger partial charge in [-0.3, -0.25) is 4.79 Å². The first kappa shape index (κ1) is 12.7. The van der Waals surface area contributed by atoms with Gasteiger partial charge in [-0.2, -0.15) is 0 Å². The average Bonchev–Trinajstić information content (AvgIpc) is 2.76. The van der Waals surface area contributed by atoms with Crippen LogP contribution in [0, 0.1) is 5.92 Å². The van der Waals surface area contributed by atoms with Crippen molar-refractivity contribution in [2.24, 2.45) is 5.92 Å². The summed E-state index contributed by atoms with van der Waals surface area (Å²) in [7, 11) is 0. The van der Waals surface area contributed by atoms with E-state index >= 15 is 0 Å². The number of fused-ring (bicyclic) bond motifs is 1. The SMILES string of the molecule is CCc1cccc2c1N(CC1CCCNC1)C(=O)C2. The molecule has 1 aromatic carbocycles. The van der Waals surface area contributed by atoms with E-state index in [0.29, 0.717) is 12.3 Å². The highest BCUT2D eigenvalue weighted by Gasteiger charge is 2.31. The first-order chi connectivity index (χ1) is 9.29. The molecule has 1 amide bonds. The van der Waals surface area contributed by atoms with Gasteiger partial charge in [-0.05, 0) is 49.4 Å². The molecule has 1 saturated heterocycles. The maximum Gasteiger partial charge on any atom is 0.231 e. The van der Waals surface area contributed by atoms with E-state index in [-0.39, 0.29) is 5.91 Å². The first-order valence-electron chi connectivity index (χ1n) is 7.41. The zero-order valence-electron chi connectivity index (χ0n) is 11.6. The fraction of sp³-hybridized carbons (Fsp3) is 0.562. The number of benzene rings is 1. The van der Waals surface area contributed by atoms with Crippen molar-refractivity contribution in [1.29, 1.82) is 0 Å². The molecule has 19 heavy (non-hydrogen) atoms. The second-order valence-electron chi connectivity index (χ2n) is 5.67. The fourth-order valence-corrected chi connectivity index (χ4v) is 3.33. The normalized spacial score (nSPS) is 22.7. The lowest BCUT2D eigenvalue weighted by Crippen LogP contribution is -2.39. The predicted octanol–water partition coefficient (Wildman–Crippen LogP) is 2.14. The highest BCUT2D eigenvalue weighted by Crippen LogP contribution is 2.34. The molecule has 1 fully saturated rings. The molecule has 0 bridgehead atoms. The number of anilines is 1. The van der Waals surface area contributed by atoms with Crippen molar-refractivity contribution in [3.05, 3.63) is 29.3 Å². The molecular weight excluding hydrogens is 236 g/mol. The number of carbonyl (C=O) groups excluding carboxylic acids is 1. The number of aryl methyl sites for hydroxylation is 1. The molecule has 102 valence electrons. The van der Waals surface area contributed by atoms with Gasteiger partial charge in [0.1, 0.15) is 0 Å². The molecule has 3 nitrogen and oxygen atoms in total. The van der Waals surface area contributed by atoms with Crippen molar-refractivity contribution >= 4 is 11.6 Å². The van der Waals surface area contributed by atoms with E-state index < -0.39 is 0 Å².